The minimum atomic E-state index is 0.0413. The largest absolute Gasteiger partial charge is 0.394 e. The summed E-state index contributed by atoms with van der Waals surface area (Å²) in [6.07, 6.45) is 2.47. The van der Waals surface area contributed by atoms with E-state index in [-0.39, 0.29) is 36.3 Å². The lowest BCUT2D eigenvalue weighted by atomic mass is 9.84. The topological polar surface area (TPSA) is 105 Å². The number of aliphatic hydroxyl groups is 2. The first kappa shape index (κ1) is 30.7. The minimum Gasteiger partial charge on any atom is -0.394 e. The van der Waals surface area contributed by atoms with E-state index in [1.807, 2.05) is 0 Å². The lowest BCUT2D eigenvalue weighted by Gasteiger charge is -2.42. The second-order valence-corrected chi connectivity index (χ2v) is 9.01. The lowest BCUT2D eigenvalue weighted by Crippen LogP contribution is -2.48. The van der Waals surface area contributed by atoms with Crippen LogP contribution in [0.15, 0.2) is 0 Å². The quantitative estimate of drug-likeness (QED) is 0.267. The second kappa shape index (κ2) is 18.0. The van der Waals surface area contributed by atoms with E-state index in [1.54, 1.807) is 0 Å². The van der Waals surface area contributed by atoms with E-state index in [0.717, 1.165) is 52.5 Å². The lowest BCUT2D eigenvalue weighted by molar-refractivity contribution is -0.189. The predicted molar refractivity (Wildman–Crippen MR) is 125 cm³/mol. The molecule has 0 aromatic rings. The van der Waals surface area contributed by atoms with Crippen molar-refractivity contribution in [2.24, 2.45) is 10.8 Å². The Hall–Kier alpha value is -0.360. The van der Waals surface area contributed by atoms with Crippen LogP contribution >= 0.6 is 0 Å². The highest BCUT2D eigenvalue weighted by Gasteiger charge is 2.39. The summed E-state index contributed by atoms with van der Waals surface area (Å²) in [5.74, 6) is 0. The highest BCUT2D eigenvalue weighted by atomic mass is 16.6. The maximum Gasteiger partial charge on any atom is 0.0806 e. The molecular weight excluding hydrogens is 432 g/mol. The average Bonchev–Trinajstić information content (AvgIpc) is 2.77. The fourth-order valence-corrected chi connectivity index (χ4v) is 3.12. The third kappa shape index (κ3) is 12.2. The molecule has 2 rings (SSSR count). The van der Waals surface area contributed by atoms with E-state index in [0.29, 0.717) is 39.6 Å². The van der Waals surface area contributed by atoms with Crippen LogP contribution in [0.4, 0.5) is 0 Å². The molecule has 2 aliphatic heterocycles. The van der Waals surface area contributed by atoms with Crippen LogP contribution in [0.3, 0.4) is 0 Å². The van der Waals surface area contributed by atoms with E-state index in [2.05, 4.69) is 27.7 Å². The van der Waals surface area contributed by atoms with Gasteiger partial charge in [-0.05, 0) is 26.7 Å². The zero-order chi connectivity index (χ0) is 24.4. The van der Waals surface area contributed by atoms with E-state index in [4.69, 9.17) is 43.4 Å². The van der Waals surface area contributed by atoms with Gasteiger partial charge in [-0.3, -0.25) is 0 Å². The van der Waals surface area contributed by atoms with Gasteiger partial charge >= 0.3 is 0 Å². The zero-order valence-electron chi connectivity index (χ0n) is 21.2. The van der Waals surface area contributed by atoms with Gasteiger partial charge in [0.15, 0.2) is 0 Å². The Morgan fingerprint density at radius 2 is 0.970 bits per heavy atom. The Kier molecular flexibility index (Phi) is 16.7. The molecule has 2 heterocycles. The van der Waals surface area contributed by atoms with Gasteiger partial charge in [-0.2, -0.15) is 0 Å². The van der Waals surface area contributed by atoms with Gasteiger partial charge in [-0.25, -0.2) is 0 Å². The molecule has 9 heteroatoms. The summed E-state index contributed by atoms with van der Waals surface area (Å²) in [7, 11) is 0. The van der Waals surface area contributed by atoms with Crippen LogP contribution < -0.4 is 0 Å². The van der Waals surface area contributed by atoms with Crippen molar-refractivity contribution in [3.63, 3.8) is 0 Å². The summed E-state index contributed by atoms with van der Waals surface area (Å²) in [6.45, 7) is 16.3. The molecule has 0 amide bonds. The highest BCUT2D eigenvalue weighted by Crippen LogP contribution is 2.33. The molecule has 0 saturated carbocycles. The Balaban J connectivity index is 0.000000366. The fraction of sp³-hybridized carbons (Fsp3) is 1.00. The van der Waals surface area contributed by atoms with Gasteiger partial charge in [0.05, 0.1) is 105 Å². The summed E-state index contributed by atoms with van der Waals surface area (Å²) in [5, 5.41) is 16.7. The van der Waals surface area contributed by atoms with Gasteiger partial charge in [0, 0.05) is 10.8 Å². The number of ether oxygens (including phenoxy) is 7. The molecule has 2 unspecified atom stereocenters. The van der Waals surface area contributed by atoms with Crippen molar-refractivity contribution in [3.05, 3.63) is 0 Å². The first-order valence-electron chi connectivity index (χ1n) is 12.3. The molecular formula is C24H48O9. The number of aliphatic hydroxyl groups excluding tert-OH is 2. The smallest absolute Gasteiger partial charge is 0.0806 e. The standard InChI is InChI=1S/C16H30O4.C8H18O5/c1-5-15(7-17-8-15)11-19-13(3)14(4)20-12-16(6-2)9-18-10-16;9-1-3-11-5-7-13-8-6-12-4-2-10/h13-14H,5-12H2,1-4H3;9-10H,1-8H2. The van der Waals surface area contributed by atoms with Crippen LogP contribution in [-0.4, -0.2) is 115 Å². The molecule has 198 valence electrons. The molecule has 2 atom stereocenters. The van der Waals surface area contributed by atoms with Gasteiger partial charge < -0.3 is 43.4 Å². The molecule has 0 radical (unpaired) electrons. The molecule has 0 aromatic heterocycles. The monoisotopic (exact) mass is 480 g/mol. The maximum atomic E-state index is 8.36. The Morgan fingerprint density at radius 1 is 0.636 bits per heavy atom. The van der Waals surface area contributed by atoms with Gasteiger partial charge in [0.2, 0.25) is 0 Å². The highest BCUT2D eigenvalue weighted by molar-refractivity contribution is 4.86. The van der Waals surface area contributed by atoms with Crippen LogP contribution in [-0.2, 0) is 33.2 Å². The maximum absolute atomic E-state index is 8.36. The van der Waals surface area contributed by atoms with E-state index >= 15 is 0 Å². The Bertz CT molecular complexity index is 404. The second-order valence-electron chi connectivity index (χ2n) is 9.01. The van der Waals surface area contributed by atoms with Crippen LogP contribution in [0, 0.1) is 10.8 Å². The third-order valence-electron chi connectivity index (χ3n) is 6.31. The SMILES string of the molecule is CCC1(COC(C)C(C)OCC2(CC)COC2)COC1.OCCOCCOCCOCCO. The van der Waals surface area contributed by atoms with Crippen LogP contribution in [0.1, 0.15) is 40.5 Å². The van der Waals surface area contributed by atoms with E-state index in [1.165, 1.54) is 0 Å². The molecule has 0 bridgehead atoms. The van der Waals surface area contributed by atoms with Crippen molar-refractivity contribution in [3.8, 4) is 0 Å². The first-order chi connectivity index (χ1) is 16.0. The molecule has 33 heavy (non-hydrogen) atoms. The van der Waals surface area contributed by atoms with E-state index < -0.39 is 0 Å². The van der Waals surface area contributed by atoms with Crippen molar-refractivity contribution < 1.29 is 43.4 Å². The molecule has 2 fully saturated rings. The van der Waals surface area contributed by atoms with Gasteiger partial charge in [-0.1, -0.05) is 13.8 Å². The molecule has 0 aliphatic carbocycles. The minimum absolute atomic E-state index is 0.0413. The normalized spacial score (nSPS) is 20.2. The number of hydrogen-bond donors (Lipinski definition) is 2. The summed E-state index contributed by atoms with van der Waals surface area (Å²) < 4.78 is 37.7. The van der Waals surface area contributed by atoms with Crippen molar-refractivity contribution >= 4 is 0 Å². The Morgan fingerprint density at radius 3 is 1.21 bits per heavy atom. The summed E-state index contributed by atoms with van der Waals surface area (Å²) >= 11 is 0. The molecule has 9 nitrogen and oxygen atoms in total. The molecule has 2 saturated heterocycles. The Labute approximate surface area is 200 Å². The van der Waals surface area contributed by atoms with Crippen LogP contribution in [0.25, 0.3) is 0 Å². The van der Waals surface area contributed by atoms with Crippen molar-refractivity contribution in [2.45, 2.75) is 52.7 Å². The molecule has 2 N–H and O–H groups in total. The zero-order valence-corrected chi connectivity index (χ0v) is 21.2. The van der Waals surface area contributed by atoms with Gasteiger partial charge in [0.1, 0.15) is 0 Å². The summed E-state index contributed by atoms with van der Waals surface area (Å²) in [6, 6.07) is 0. The number of rotatable bonds is 19. The predicted octanol–water partition coefficient (Wildman–Crippen LogP) is 1.67. The molecule has 0 aromatic carbocycles. The average molecular weight is 481 g/mol. The summed E-state index contributed by atoms with van der Waals surface area (Å²) in [4.78, 5) is 0. The first-order valence-corrected chi connectivity index (χ1v) is 12.3. The molecule has 2 aliphatic rings. The van der Waals surface area contributed by atoms with Crippen LogP contribution in [0.2, 0.25) is 0 Å². The van der Waals surface area contributed by atoms with Crippen LogP contribution in [0.5, 0.6) is 0 Å². The van der Waals surface area contributed by atoms with Crippen molar-refractivity contribution in [2.75, 3.05) is 92.5 Å². The number of hydrogen-bond acceptors (Lipinski definition) is 9. The third-order valence-corrected chi connectivity index (χ3v) is 6.31. The van der Waals surface area contributed by atoms with Gasteiger partial charge in [0.25, 0.3) is 0 Å². The molecule has 0 spiro atoms. The van der Waals surface area contributed by atoms with Gasteiger partial charge in [-0.15, -0.1) is 0 Å². The fourth-order valence-electron chi connectivity index (χ4n) is 3.12. The van der Waals surface area contributed by atoms with Crippen molar-refractivity contribution in [1.29, 1.82) is 0 Å². The summed E-state index contributed by atoms with van der Waals surface area (Å²) in [5.41, 5.74) is 0.501. The van der Waals surface area contributed by atoms with Crippen molar-refractivity contribution in [1.82, 2.24) is 0 Å². The van der Waals surface area contributed by atoms with E-state index in [9.17, 15) is 0 Å².